The van der Waals surface area contributed by atoms with Crippen LogP contribution in [0.3, 0.4) is 0 Å². The number of carbonyl (C=O) groups excluding carboxylic acids is 3. The predicted molar refractivity (Wildman–Crippen MR) is 269 cm³/mol. The Morgan fingerprint density at radius 3 is 0.905 bits per heavy atom. The van der Waals surface area contributed by atoms with E-state index in [1.807, 2.05) is 85.1 Å². The summed E-state index contributed by atoms with van der Waals surface area (Å²) in [7, 11) is 0. The number of unbranched alkanes of at least 4 members (excludes halogenated alkanes) is 13. The van der Waals surface area contributed by atoms with Gasteiger partial charge in [-0.05, 0) is 77.0 Å². The minimum atomic E-state index is -0.824. The van der Waals surface area contributed by atoms with Crippen LogP contribution in [0.25, 0.3) is 0 Å². The molecule has 0 aromatic heterocycles. The Bertz CT molecular complexity index is 1510. The molecule has 0 aliphatic rings. The van der Waals surface area contributed by atoms with Crippen LogP contribution in [0.2, 0.25) is 0 Å². The Kier molecular flexibility index (Phi) is 45.8. The molecule has 6 nitrogen and oxygen atoms in total. The minimum absolute atomic E-state index is 0.121. The van der Waals surface area contributed by atoms with Crippen molar-refractivity contribution in [2.75, 3.05) is 13.2 Å². The Morgan fingerprint density at radius 2 is 0.571 bits per heavy atom. The summed E-state index contributed by atoms with van der Waals surface area (Å²) in [6.45, 7) is 6.11. The van der Waals surface area contributed by atoms with E-state index in [4.69, 9.17) is 14.2 Å². The van der Waals surface area contributed by atoms with Gasteiger partial charge in [-0.3, -0.25) is 14.4 Å². The third kappa shape index (κ3) is 47.9. The van der Waals surface area contributed by atoms with Crippen LogP contribution in [-0.2, 0) is 28.6 Å². The second kappa shape index (κ2) is 49.7. The van der Waals surface area contributed by atoms with Crippen molar-refractivity contribution in [3.63, 3.8) is 0 Å². The summed E-state index contributed by atoms with van der Waals surface area (Å²) in [5.41, 5.74) is 0. The lowest BCUT2D eigenvalue weighted by atomic mass is 10.1. The largest absolute Gasteiger partial charge is 0.462 e. The lowest BCUT2D eigenvalue weighted by Crippen LogP contribution is -2.30. The second-order valence-corrected chi connectivity index (χ2v) is 15.2. The lowest BCUT2D eigenvalue weighted by molar-refractivity contribution is -0.167. The Hall–Kier alpha value is -4.97. The molecule has 1 atom stereocenters. The van der Waals surface area contributed by atoms with Gasteiger partial charge in [0.15, 0.2) is 6.10 Å². The van der Waals surface area contributed by atoms with E-state index in [1.54, 1.807) is 0 Å². The maximum Gasteiger partial charge on any atom is 0.306 e. The van der Waals surface area contributed by atoms with E-state index < -0.39 is 6.10 Å². The first kappa shape index (κ1) is 58.0. The van der Waals surface area contributed by atoms with Gasteiger partial charge in [0.05, 0.1) is 0 Å². The van der Waals surface area contributed by atoms with Crippen LogP contribution in [0, 0.1) is 0 Å². The number of ether oxygens (including phenoxy) is 3. The molecule has 6 heteroatoms. The van der Waals surface area contributed by atoms with Gasteiger partial charge in [0.25, 0.3) is 0 Å². The molecule has 348 valence electrons. The smallest absolute Gasteiger partial charge is 0.306 e. The molecule has 0 saturated carbocycles. The number of carbonyl (C=O) groups is 3. The maximum absolute atomic E-state index is 12.8. The highest BCUT2D eigenvalue weighted by atomic mass is 16.6. The molecule has 0 saturated heterocycles. The Labute approximate surface area is 384 Å². The van der Waals surface area contributed by atoms with Crippen molar-refractivity contribution in [3.05, 3.63) is 158 Å². The second-order valence-electron chi connectivity index (χ2n) is 15.2. The predicted octanol–water partition coefficient (Wildman–Crippen LogP) is 15.9. The molecule has 0 amide bonds. The molecule has 0 heterocycles. The van der Waals surface area contributed by atoms with Gasteiger partial charge < -0.3 is 14.2 Å². The quantitative estimate of drug-likeness (QED) is 0.0264. The van der Waals surface area contributed by atoms with E-state index in [2.05, 4.69) is 93.7 Å². The standard InChI is InChI=1S/C57H84O6/c1-4-7-10-13-16-19-22-25-26-27-28-29-30-33-35-38-41-44-47-50-56(59)62-53-54(63-57(60)51-48-45-42-39-36-32-24-21-18-15-12-9-6-3)52-61-55(58)49-46-43-40-37-34-31-23-20-17-14-11-8-5-2/h7-30,33,35,54H,4-6,31-32,34,36-53H2,1-3H3/b10-7-,11-8-,12-9-,16-13-,17-14-,18-15-,22-19-,23-20-,24-21-,26-25-,28-27+,30-29-,35-33-. The van der Waals surface area contributed by atoms with Crippen LogP contribution in [0.5, 0.6) is 0 Å². The van der Waals surface area contributed by atoms with E-state index in [1.165, 1.54) is 0 Å². The van der Waals surface area contributed by atoms with Crippen molar-refractivity contribution >= 4 is 17.9 Å². The van der Waals surface area contributed by atoms with Crippen molar-refractivity contribution in [2.45, 2.75) is 168 Å². The third-order valence-electron chi connectivity index (χ3n) is 9.33. The van der Waals surface area contributed by atoms with E-state index in [-0.39, 0.29) is 44.0 Å². The average Bonchev–Trinajstić information content (AvgIpc) is 3.28. The Balaban J connectivity index is 4.58. The third-order valence-corrected chi connectivity index (χ3v) is 9.33. The number of hydrogen-bond acceptors (Lipinski definition) is 6. The van der Waals surface area contributed by atoms with E-state index in [0.29, 0.717) is 12.8 Å². The van der Waals surface area contributed by atoms with Gasteiger partial charge in [-0.25, -0.2) is 0 Å². The molecule has 0 aliphatic heterocycles. The fourth-order valence-corrected chi connectivity index (χ4v) is 5.78. The van der Waals surface area contributed by atoms with Gasteiger partial charge >= 0.3 is 17.9 Å². The summed E-state index contributed by atoms with van der Waals surface area (Å²) in [5.74, 6) is -1.02. The molecule has 1 unspecified atom stereocenters. The maximum atomic E-state index is 12.8. The zero-order chi connectivity index (χ0) is 45.8. The summed E-state index contributed by atoms with van der Waals surface area (Å²) in [4.78, 5) is 37.9. The molecule has 0 fully saturated rings. The van der Waals surface area contributed by atoms with Gasteiger partial charge in [-0.1, -0.05) is 224 Å². The molecular formula is C57H84O6. The van der Waals surface area contributed by atoms with Crippen LogP contribution in [0.4, 0.5) is 0 Å². The molecule has 0 rings (SSSR count). The number of hydrogen-bond donors (Lipinski definition) is 0. The zero-order valence-electron chi connectivity index (χ0n) is 39.5. The molecule has 0 aromatic rings. The monoisotopic (exact) mass is 865 g/mol. The van der Waals surface area contributed by atoms with Crippen molar-refractivity contribution in [3.8, 4) is 0 Å². The highest BCUT2D eigenvalue weighted by Crippen LogP contribution is 2.12. The molecule has 0 aliphatic carbocycles. The fraction of sp³-hybridized carbons (Fsp3) is 0.491. The lowest BCUT2D eigenvalue weighted by Gasteiger charge is -2.18. The van der Waals surface area contributed by atoms with E-state index >= 15 is 0 Å². The van der Waals surface area contributed by atoms with Crippen LogP contribution >= 0.6 is 0 Å². The van der Waals surface area contributed by atoms with Crippen molar-refractivity contribution in [1.29, 1.82) is 0 Å². The molecule has 0 radical (unpaired) electrons. The first-order valence-corrected chi connectivity index (χ1v) is 24.2. The number of rotatable bonds is 40. The summed E-state index contributed by atoms with van der Waals surface area (Å²) in [5, 5.41) is 0. The van der Waals surface area contributed by atoms with Crippen molar-refractivity contribution < 1.29 is 28.6 Å². The summed E-state index contributed by atoms with van der Waals surface area (Å²) in [6.07, 6.45) is 72.2. The highest BCUT2D eigenvalue weighted by molar-refractivity contribution is 5.71. The van der Waals surface area contributed by atoms with Crippen molar-refractivity contribution in [2.24, 2.45) is 0 Å². The van der Waals surface area contributed by atoms with Crippen LogP contribution in [0.15, 0.2) is 158 Å². The van der Waals surface area contributed by atoms with E-state index in [0.717, 1.165) is 116 Å². The molecule has 0 spiro atoms. The molecular weight excluding hydrogens is 781 g/mol. The van der Waals surface area contributed by atoms with Gasteiger partial charge in [0.1, 0.15) is 13.2 Å². The summed E-state index contributed by atoms with van der Waals surface area (Å²) < 4.78 is 16.7. The van der Waals surface area contributed by atoms with Gasteiger partial charge in [-0.15, -0.1) is 0 Å². The average molecular weight is 865 g/mol. The van der Waals surface area contributed by atoms with Crippen LogP contribution in [-0.4, -0.2) is 37.2 Å². The minimum Gasteiger partial charge on any atom is -0.462 e. The summed E-state index contributed by atoms with van der Waals surface area (Å²) in [6, 6.07) is 0. The molecule has 63 heavy (non-hydrogen) atoms. The highest BCUT2D eigenvalue weighted by Gasteiger charge is 2.19. The molecule has 0 bridgehead atoms. The summed E-state index contributed by atoms with van der Waals surface area (Å²) >= 11 is 0. The number of esters is 3. The van der Waals surface area contributed by atoms with Crippen LogP contribution in [0.1, 0.15) is 162 Å². The molecule has 0 N–H and O–H groups in total. The van der Waals surface area contributed by atoms with Crippen molar-refractivity contribution in [1.82, 2.24) is 0 Å². The van der Waals surface area contributed by atoms with Crippen LogP contribution < -0.4 is 0 Å². The van der Waals surface area contributed by atoms with Gasteiger partial charge in [0.2, 0.25) is 0 Å². The van der Waals surface area contributed by atoms with E-state index in [9.17, 15) is 14.4 Å². The zero-order valence-corrected chi connectivity index (χ0v) is 39.5. The topological polar surface area (TPSA) is 78.9 Å². The van der Waals surface area contributed by atoms with Gasteiger partial charge in [-0.2, -0.15) is 0 Å². The molecule has 0 aromatic carbocycles. The number of allylic oxidation sites excluding steroid dienone is 26. The normalized spacial score (nSPS) is 13.5. The first-order chi connectivity index (χ1) is 31.0. The first-order valence-electron chi connectivity index (χ1n) is 24.2. The Morgan fingerprint density at radius 1 is 0.317 bits per heavy atom. The SMILES string of the molecule is CC\C=C/C=C\C=C/C=C\C=C\C=C/C=C\CCCCCC(=O)OCC(COC(=O)CCCCCCC\C=C/C=C\C=C/CC)OC(=O)CCCCCCC\C=C/C=C\C=C/CC. The van der Waals surface area contributed by atoms with Gasteiger partial charge in [0, 0.05) is 19.3 Å². The fourth-order valence-electron chi connectivity index (χ4n) is 5.78.